The highest BCUT2D eigenvalue weighted by molar-refractivity contribution is 7.47. The monoisotopic (exact) mass is 1480 g/mol. The second-order valence-electron chi connectivity index (χ2n) is 30.2. The predicted molar refractivity (Wildman–Crippen MR) is 414 cm³/mol. The van der Waals surface area contributed by atoms with Gasteiger partial charge in [0, 0.05) is 25.7 Å². The first-order valence-electron chi connectivity index (χ1n) is 42.5. The number of hydrogen-bond acceptors (Lipinski definition) is 15. The molecule has 0 saturated carbocycles. The van der Waals surface area contributed by atoms with Gasteiger partial charge in [-0.15, -0.1) is 0 Å². The summed E-state index contributed by atoms with van der Waals surface area (Å²) in [7, 11) is -9.92. The van der Waals surface area contributed by atoms with E-state index in [-0.39, 0.29) is 25.7 Å². The molecule has 0 aliphatic heterocycles. The van der Waals surface area contributed by atoms with Crippen LogP contribution in [0.25, 0.3) is 0 Å². The third kappa shape index (κ3) is 74.7. The average molecular weight is 1480 g/mol. The Bertz CT molecular complexity index is 1940. The molecule has 3 N–H and O–H groups in total. The first-order valence-corrected chi connectivity index (χ1v) is 45.5. The zero-order valence-corrected chi connectivity index (χ0v) is 68.0. The van der Waals surface area contributed by atoms with Crippen molar-refractivity contribution in [2.75, 3.05) is 39.6 Å². The molecule has 0 rings (SSSR count). The van der Waals surface area contributed by atoms with Gasteiger partial charge in [-0.05, 0) is 37.5 Å². The van der Waals surface area contributed by atoms with Crippen molar-refractivity contribution in [3.05, 3.63) is 0 Å². The molecule has 0 aromatic carbocycles. The quantitative estimate of drug-likeness (QED) is 0.0222. The van der Waals surface area contributed by atoms with Crippen LogP contribution in [0.4, 0.5) is 0 Å². The van der Waals surface area contributed by atoms with Gasteiger partial charge in [0.15, 0.2) is 12.2 Å². The lowest BCUT2D eigenvalue weighted by Gasteiger charge is -2.21. The van der Waals surface area contributed by atoms with E-state index >= 15 is 0 Å². The molecule has 0 radical (unpaired) electrons. The number of carbonyl (C=O) groups excluding carboxylic acids is 4. The van der Waals surface area contributed by atoms with Crippen molar-refractivity contribution < 1.29 is 80.2 Å². The lowest BCUT2D eigenvalue weighted by molar-refractivity contribution is -0.161. The second-order valence-corrected chi connectivity index (χ2v) is 33.1. The fourth-order valence-corrected chi connectivity index (χ4v) is 14.3. The molecule has 0 saturated heterocycles. The van der Waals surface area contributed by atoms with E-state index in [0.29, 0.717) is 25.7 Å². The number of aliphatic hydroxyl groups is 1. The van der Waals surface area contributed by atoms with Gasteiger partial charge in [0.25, 0.3) is 0 Å². The van der Waals surface area contributed by atoms with Crippen molar-refractivity contribution in [1.29, 1.82) is 0 Å². The molecule has 0 amide bonds. The predicted octanol–water partition coefficient (Wildman–Crippen LogP) is 24.7. The molecule has 0 spiro atoms. The Hall–Kier alpha value is -1.94. The minimum atomic E-state index is -4.96. The molecule has 101 heavy (non-hydrogen) atoms. The second kappa shape index (κ2) is 73.6. The van der Waals surface area contributed by atoms with Crippen molar-refractivity contribution in [2.45, 2.75) is 452 Å². The summed E-state index contributed by atoms with van der Waals surface area (Å²) in [4.78, 5) is 73.0. The number of ether oxygens (including phenoxy) is 4. The van der Waals surface area contributed by atoms with Crippen LogP contribution in [0.5, 0.6) is 0 Å². The molecular formula is C82H160O17P2. The highest BCUT2D eigenvalue weighted by Gasteiger charge is 2.30. The maximum atomic E-state index is 13.1. The maximum Gasteiger partial charge on any atom is 0.472 e. The Morgan fingerprint density at radius 2 is 0.505 bits per heavy atom. The average Bonchev–Trinajstić information content (AvgIpc) is 1.11. The van der Waals surface area contributed by atoms with E-state index in [1.807, 2.05) is 0 Å². The third-order valence-corrected chi connectivity index (χ3v) is 21.5. The number of phosphoric ester groups is 2. The fraction of sp³-hybridized carbons (Fsp3) is 0.951. The van der Waals surface area contributed by atoms with E-state index < -0.39 is 97.5 Å². The zero-order valence-electron chi connectivity index (χ0n) is 66.2. The van der Waals surface area contributed by atoms with Gasteiger partial charge >= 0.3 is 39.5 Å². The van der Waals surface area contributed by atoms with Crippen LogP contribution >= 0.6 is 15.6 Å². The minimum absolute atomic E-state index is 0.106. The van der Waals surface area contributed by atoms with Crippen LogP contribution in [0.2, 0.25) is 0 Å². The molecule has 0 aromatic rings. The Morgan fingerprint density at radius 3 is 0.752 bits per heavy atom. The van der Waals surface area contributed by atoms with Gasteiger partial charge in [-0.3, -0.25) is 37.3 Å². The molecule has 0 aliphatic carbocycles. The molecule has 17 nitrogen and oxygen atoms in total. The molecule has 0 fully saturated rings. The molecule has 0 aromatic heterocycles. The third-order valence-electron chi connectivity index (χ3n) is 19.6. The van der Waals surface area contributed by atoms with Crippen molar-refractivity contribution in [3.63, 3.8) is 0 Å². The van der Waals surface area contributed by atoms with Crippen LogP contribution in [0.1, 0.15) is 433 Å². The van der Waals surface area contributed by atoms with Crippen LogP contribution in [-0.2, 0) is 65.4 Å². The van der Waals surface area contributed by atoms with E-state index in [0.717, 1.165) is 108 Å². The summed E-state index contributed by atoms with van der Waals surface area (Å²) in [6, 6.07) is 0. The molecular weight excluding hydrogens is 1320 g/mol. The number of rotatable bonds is 81. The van der Waals surface area contributed by atoms with Gasteiger partial charge in [-0.1, -0.05) is 382 Å². The SMILES string of the molecule is CCCCCCCCCCCCCCCCCCCCCCCCC(=O)O[C@H](COC(=O)CCCCCCCCCCCCCCCCC(C)C)COP(=O)(O)OC[C@@H](O)COP(=O)(O)OC[C@@H](COC(=O)CCCCCCCCCC)OC(=O)CCCCCCCCCCCCC(C)CC. The summed E-state index contributed by atoms with van der Waals surface area (Å²) in [6.45, 7) is 9.66. The maximum absolute atomic E-state index is 13.1. The van der Waals surface area contributed by atoms with Crippen molar-refractivity contribution in [1.82, 2.24) is 0 Å². The van der Waals surface area contributed by atoms with Crippen LogP contribution in [-0.4, -0.2) is 96.7 Å². The molecule has 19 heteroatoms. The Morgan fingerprint density at radius 1 is 0.287 bits per heavy atom. The topological polar surface area (TPSA) is 237 Å². The first-order chi connectivity index (χ1) is 48.9. The van der Waals surface area contributed by atoms with E-state index in [2.05, 4.69) is 41.5 Å². The lowest BCUT2D eigenvalue weighted by atomic mass is 9.99. The Balaban J connectivity index is 5.19. The number of phosphoric acid groups is 2. The largest absolute Gasteiger partial charge is 0.472 e. The summed E-state index contributed by atoms with van der Waals surface area (Å²) in [5.41, 5.74) is 0. The summed E-state index contributed by atoms with van der Waals surface area (Å²) < 4.78 is 68.7. The molecule has 600 valence electrons. The van der Waals surface area contributed by atoms with Crippen molar-refractivity contribution >= 4 is 39.5 Å². The highest BCUT2D eigenvalue weighted by Crippen LogP contribution is 2.45. The van der Waals surface area contributed by atoms with E-state index in [1.165, 1.54) is 244 Å². The molecule has 3 unspecified atom stereocenters. The summed E-state index contributed by atoms with van der Waals surface area (Å²) in [6.07, 6.45) is 64.0. The zero-order chi connectivity index (χ0) is 74.2. The highest BCUT2D eigenvalue weighted by atomic mass is 31.2. The molecule has 0 bridgehead atoms. The standard InChI is InChI=1S/C82H160O17P2/c1-7-10-12-14-16-18-19-20-21-22-23-24-25-26-27-28-33-36-42-48-54-60-66-81(86)99-78(71-93-80(85)65-59-53-47-41-35-32-30-29-31-34-39-44-50-56-62-74(4)5)73-97-101(90,91)95-69-76(83)68-94-100(88,89)96-72-77(70-92-79(84)64-58-52-46-17-15-13-11-8-2)98-82(87)67-61-55-49-43-38-37-40-45-51-57-63-75(6)9-3/h74-78,83H,7-73H2,1-6H3,(H,88,89)(H,90,91)/t75?,76-,77+,78+/m0/s1. The number of esters is 4. The van der Waals surface area contributed by atoms with Gasteiger partial charge in [0.05, 0.1) is 26.4 Å². The first kappa shape index (κ1) is 99.1. The number of carbonyl (C=O) groups is 4. The molecule has 0 aliphatic rings. The summed E-state index contributed by atoms with van der Waals surface area (Å²) >= 11 is 0. The fourth-order valence-electron chi connectivity index (χ4n) is 12.7. The van der Waals surface area contributed by atoms with Gasteiger partial charge in [0.2, 0.25) is 0 Å². The smallest absolute Gasteiger partial charge is 0.462 e. The van der Waals surface area contributed by atoms with E-state index in [1.54, 1.807) is 0 Å². The Kier molecular flexibility index (Phi) is 72.2. The lowest BCUT2D eigenvalue weighted by Crippen LogP contribution is -2.30. The number of hydrogen-bond donors (Lipinski definition) is 3. The molecule has 6 atom stereocenters. The number of aliphatic hydroxyl groups excluding tert-OH is 1. The van der Waals surface area contributed by atoms with Crippen LogP contribution in [0.15, 0.2) is 0 Å². The minimum Gasteiger partial charge on any atom is -0.462 e. The van der Waals surface area contributed by atoms with Gasteiger partial charge in [-0.25, -0.2) is 9.13 Å². The van der Waals surface area contributed by atoms with Crippen molar-refractivity contribution in [2.24, 2.45) is 11.8 Å². The van der Waals surface area contributed by atoms with Gasteiger partial charge < -0.3 is 33.8 Å². The van der Waals surface area contributed by atoms with Crippen LogP contribution in [0.3, 0.4) is 0 Å². The van der Waals surface area contributed by atoms with Gasteiger partial charge in [0.1, 0.15) is 19.3 Å². The van der Waals surface area contributed by atoms with E-state index in [9.17, 15) is 43.2 Å². The molecule has 0 heterocycles. The Labute approximate surface area is 619 Å². The van der Waals surface area contributed by atoms with Gasteiger partial charge in [-0.2, -0.15) is 0 Å². The normalized spacial score (nSPS) is 14.2. The van der Waals surface area contributed by atoms with Crippen molar-refractivity contribution in [3.8, 4) is 0 Å². The van der Waals surface area contributed by atoms with Crippen LogP contribution in [0, 0.1) is 11.8 Å². The number of unbranched alkanes of at least 4 members (excludes halogenated alkanes) is 50. The summed E-state index contributed by atoms with van der Waals surface area (Å²) in [5, 5.41) is 10.6. The summed E-state index contributed by atoms with van der Waals surface area (Å²) in [5.74, 6) is -0.509. The van der Waals surface area contributed by atoms with E-state index in [4.69, 9.17) is 37.0 Å². The van der Waals surface area contributed by atoms with Crippen LogP contribution < -0.4 is 0 Å².